The van der Waals surface area contributed by atoms with Crippen molar-refractivity contribution in [2.45, 2.75) is 104 Å². The summed E-state index contributed by atoms with van der Waals surface area (Å²) in [5, 5.41) is 1.02. The van der Waals surface area contributed by atoms with Crippen molar-refractivity contribution in [2.75, 3.05) is 0 Å². The molecule has 1 amide bonds. The predicted octanol–water partition coefficient (Wildman–Crippen LogP) is 7.85. The average Bonchev–Trinajstić information content (AvgIpc) is 3.25. The normalized spacial score (nSPS) is 27.9. The lowest BCUT2D eigenvalue weighted by Gasteiger charge is -2.37. The molecule has 2 unspecified atom stereocenters. The molecule has 6 nitrogen and oxygen atoms in total. The van der Waals surface area contributed by atoms with E-state index >= 15 is 0 Å². The van der Waals surface area contributed by atoms with E-state index in [0.717, 1.165) is 52.3 Å². The van der Waals surface area contributed by atoms with Gasteiger partial charge >= 0.3 is 12.2 Å². The minimum atomic E-state index is -0.552. The predicted molar refractivity (Wildman–Crippen MR) is 144 cm³/mol. The molecule has 2 bridgehead atoms. The molecule has 0 spiro atoms. The summed E-state index contributed by atoms with van der Waals surface area (Å²) in [6.07, 6.45) is 4.99. The van der Waals surface area contributed by atoms with Gasteiger partial charge in [-0.05, 0) is 76.3 Å². The summed E-state index contributed by atoms with van der Waals surface area (Å²) < 4.78 is 14.8. The number of halogens is 1. The van der Waals surface area contributed by atoms with Crippen molar-refractivity contribution in [1.82, 2.24) is 9.47 Å². The molecule has 36 heavy (non-hydrogen) atoms. The number of hydrogen-bond acceptors (Lipinski definition) is 4. The number of amides is 1. The number of rotatable bonds is 2. The zero-order valence-corrected chi connectivity index (χ0v) is 23.9. The van der Waals surface area contributed by atoms with Gasteiger partial charge in [0.2, 0.25) is 0 Å². The van der Waals surface area contributed by atoms with Gasteiger partial charge in [0, 0.05) is 33.6 Å². The number of fused-ring (bicyclic) bond motifs is 6. The molecule has 1 aromatic carbocycles. The van der Waals surface area contributed by atoms with Gasteiger partial charge in [0.1, 0.15) is 11.7 Å². The number of nitrogens with zero attached hydrogens (tertiary/aromatic N) is 2. The minimum Gasteiger partial charge on any atom is -0.445 e. The van der Waals surface area contributed by atoms with E-state index in [1.54, 1.807) is 0 Å². The molecule has 1 aliphatic carbocycles. The van der Waals surface area contributed by atoms with Crippen LogP contribution in [0, 0.1) is 17.8 Å². The Bertz CT molecular complexity index is 1180. The van der Waals surface area contributed by atoms with Crippen molar-refractivity contribution in [1.29, 1.82) is 0 Å². The highest BCUT2D eigenvalue weighted by atomic mass is 79.9. The molecule has 2 aliphatic heterocycles. The van der Waals surface area contributed by atoms with Gasteiger partial charge in [-0.3, -0.25) is 4.90 Å². The van der Waals surface area contributed by atoms with Crippen LogP contribution in [0.5, 0.6) is 0 Å². The Morgan fingerprint density at radius 1 is 1.08 bits per heavy atom. The van der Waals surface area contributed by atoms with Gasteiger partial charge in [-0.15, -0.1) is 0 Å². The summed E-state index contributed by atoms with van der Waals surface area (Å²) in [4.78, 5) is 29.0. The fourth-order valence-corrected chi connectivity index (χ4v) is 7.08. The van der Waals surface area contributed by atoms with Gasteiger partial charge in [0.05, 0.1) is 11.6 Å². The second-order valence-corrected chi connectivity index (χ2v) is 13.4. The van der Waals surface area contributed by atoms with Crippen molar-refractivity contribution in [3.05, 3.63) is 33.9 Å². The van der Waals surface area contributed by atoms with Crippen LogP contribution in [0.25, 0.3) is 10.9 Å². The molecule has 5 atom stereocenters. The van der Waals surface area contributed by atoms with Crippen molar-refractivity contribution >= 4 is 39.0 Å². The Kier molecular flexibility index (Phi) is 6.67. The molecule has 2 aromatic rings. The molecule has 1 aromatic heterocycles. The Balaban J connectivity index is 1.54. The monoisotopic (exact) mass is 558 g/mol. The van der Waals surface area contributed by atoms with Crippen molar-refractivity contribution in [2.24, 2.45) is 17.8 Å². The SMILES string of the molecule is CC(C)[C@H]1CC[C@H](C)C[C@@H]1OC(=O)n1c2c(c3ccc(Br)cc31)C1CCC(C2)N1C(=O)OC(C)(C)C. The van der Waals surface area contributed by atoms with Gasteiger partial charge in [0.15, 0.2) is 0 Å². The third-order valence-corrected chi connectivity index (χ3v) is 8.83. The molecular formula is C29H39BrN2O4. The zero-order chi connectivity index (χ0) is 25.9. The molecule has 7 heteroatoms. The number of carbonyl (C=O) groups excluding carboxylic acids is 2. The first kappa shape index (κ1) is 25.6. The van der Waals surface area contributed by atoms with Gasteiger partial charge in [-0.25, -0.2) is 14.2 Å². The number of aromatic nitrogens is 1. The van der Waals surface area contributed by atoms with E-state index in [9.17, 15) is 9.59 Å². The highest BCUT2D eigenvalue weighted by Crippen LogP contribution is 2.49. The molecule has 2 fully saturated rings. The molecule has 0 N–H and O–H groups in total. The smallest absolute Gasteiger partial charge is 0.419 e. The summed E-state index contributed by atoms with van der Waals surface area (Å²) >= 11 is 3.60. The van der Waals surface area contributed by atoms with E-state index in [1.165, 1.54) is 6.42 Å². The van der Waals surface area contributed by atoms with Crippen LogP contribution < -0.4 is 0 Å². The third kappa shape index (κ3) is 4.57. The molecule has 0 radical (unpaired) electrons. The highest BCUT2D eigenvalue weighted by molar-refractivity contribution is 9.10. The first-order valence-electron chi connectivity index (χ1n) is 13.5. The van der Waals surface area contributed by atoms with Crippen LogP contribution in [0.4, 0.5) is 9.59 Å². The Morgan fingerprint density at radius 2 is 1.83 bits per heavy atom. The van der Waals surface area contributed by atoms with Crippen LogP contribution in [0.3, 0.4) is 0 Å². The minimum absolute atomic E-state index is 0.0229. The van der Waals surface area contributed by atoms with Gasteiger partial charge < -0.3 is 9.47 Å². The lowest BCUT2D eigenvalue weighted by Crippen LogP contribution is -2.45. The zero-order valence-electron chi connectivity index (χ0n) is 22.3. The van der Waals surface area contributed by atoms with Gasteiger partial charge in [-0.2, -0.15) is 0 Å². The van der Waals surface area contributed by atoms with Crippen LogP contribution in [0.15, 0.2) is 22.7 Å². The summed E-state index contributed by atoms with van der Waals surface area (Å²) in [5.74, 6) is 1.41. The fraction of sp³-hybridized carbons (Fsp3) is 0.655. The quantitative estimate of drug-likeness (QED) is 0.376. The number of benzene rings is 1. The van der Waals surface area contributed by atoms with Crippen molar-refractivity contribution in [3.8, 4) is 0 Å². The number of hydrogen-bond donors (Lipinski definition) is 0. The van der Waals surface area contributed by atoms with Crippen LogP contribution >= 0.6 is 15.9 Å². The standard InChI is InChI=1S/C29H39BrN2O4/c1-16(2)20-10-7-17(3)13-25(20)35-27(33)32-23-14-18(30)8-11-21(23)26-22-12-9-19(15-24(26)32)31(22)28(34)36-29(4,5)6/h8,11,14,16-17,19-20,22,25H,7,9-10,12-13,15H2,1-6H3/t17-,19?,20+,22?,25-/m0/s1. The maximum absolute atomic E-state index is 13.9. The summed E-state index contributed by atoms with van der Waals surface area (Å²) in [5.41, 5.74) is 2.36. The molecule has 3 aliphatic rings. The van der Waals surface area contributed by atoms with E-state index in [1.807, 2.05) is 42.4 Å². The number of ether oxygens (including phenoxy) is 2. The molecule has 1 saturated carbocycles. The molecule has 5 rings (SSSR count). The Hall–Kier alpha value is -2.02. The maximum Gasteiger partial charge on any atom is 0.419 e. The van der Waals surface area contributed by atoms with Gasteiger partial charge in [0.25, 0.3) is 0 Å². The topological polar surface area (TPSA) is 60.8 Å². The summed E-state index contributed by atoms with van der Waals surface area (Å²) in [6.45, 7) is 12.4. The second-order valence-electron chi connectivity index (χ2n) is 12.4. The van der Waals surface area contributed by atoms with Crippen molar-refractivity contribution in [3.63, 3.8) is 0 Å². The number of carbonyl (C=O) groups is 2. The van der Waals surface area contributed by atoms with Gasteiger partial charge in [-0.1, -0.05) is 49.2 Å². The van der Waals surface area contributed by atoms with E-state index in [4.69, 9.17) is 9.47 Å². The largest absolute Gasteiger partial charge is 0.445 e. The van der Waals surface area contributed by atoms with E-state index in [2.05, 4.69) is 42.8 Å². The lowest BCUT2D eigenvalue weighted by molar-refractivity contribution is 0.00630. The van der Waals surface area contributed by atoms with E-state index in [0.29, 0.717) is 24.2 Å². The first-order valence-corrected chi connectivity index (χ1v) is 14.3. The lowest BCUT2D eigenvalue weighted by atomic mass is 9.75. The summed E-state index contributed by atoms with van der Waals surface area (Å²) in [7, 11) is 0. The van der Waals surface area contributed by atoms with Crippen LogP contribution in [0.1, 0.15) is 90.9 Å². The highest BCUT2D eigenvalue weighted by Gasteiger charge is 2.47. The maximum atomic E-state index is 13.9. The molecular weight excluding hydrogens is 520 g/mol. The first-order chi connectivity index (χ1) is 16.9. The van der Waals surface area contributed by atoms with Crippen molar-refractivity contribution < 1.29 is 19.1 Å². The molecule has 3 heterocycles. The summed E-state index contributed by atoms with van der Waals surface area (Å²) in [6, 6.07) is 6.01. The fourth-order valence-electron chi connectivity index (χ4n) is 6.73. The third-order valence-electron chi connectivity index (χ3n) is 8.34. The van der Waals surface area contributed by atoms with Crippen LogP contribution in [-0.2, 0) is 15.9 Å². The second kappa shape index (κ2) is 9.38. The van der Waals surface area contributed by atoms with E-state index < -0.39 is 5.60 Å². The van der Waals surface area contributed by atoms with Crippen LogP contribution in [0.2, 0.25) is 0 Å². The molecule has 196 valence electrons. The Morgan fingerprint density at radius 3 is 2.53 bits per heavy atom. The average molecular weight is 560 g/mol. The molecule has 1 saturated heterocycles. The van der Waals surface area contributed by atoms with Crippen LogP contribution in [-0.4, -0.2) is 39.4 Å². The Labute approximate surface area is 222 Å². The van der Waals surface area contributed by atoms with E-state index in [-0.39, 0.29) is 30.4 Å².